The number of rotatable bonds is 5. The molecule has 0 aliphatic carbocycles. The molecule has 0 radical (unpaired) electrons. The lowest BCUT2D eigenvalue weighted by molar-refractivity contribution is 0.167. The van der Waals surface area contributed by atoms with Crippen LogP contribution in [0, 0.1) is 0 Å². The Hall–Kier alpha value is -0.880. The van der Waals surface area contributed by atoms with Gasteiger partial charge in [0, 0.05) is 0 Å². The van der Waals surface area contributed by atoms with Crippen molar-refractivity contribution < 1.29 is 9.30 Å². The maximum Gasteiger partial charge on any atom is 0.203 e. The zero-order valence-electron chi connectivity index (χ0n) is 8.56. The van der Waals surface area contributed by atoms with E-state index >= 15 is 0 Å². The number of benzene rings is 1. The Balaban J connectivity index is 2.70. The first-order valence-corrected chi connectivity index (χ1v) is 5.60. The fourth-order valence-electron chi connectivity index (χ4n) is 1.32. The minimum atomic E-state index is -0.587. The first kappa shape index (κ1) is 11.2. The van der Waals surface area contributed by atoms with Crippen molar-refractivity contribution in [2.75, 3.05) is 0 Å². The maximum atomic E-state index is 11.0. The summed E-state index contributed by atoms with van der Waals surface area (Å²) in [5.41, 5.74) is 0. The molecule has 1 aromatic rings. The van der Waals surface area contributed by atoms with Crippen LogP contribution in [0.15, 0.2) is 30.3 Å². The van der Waals surface area contributed by atoms with Crippen molar-refractivity contribution in [3.05, 3.63) is 30.3 Å². The SMILES string of the molecule is CCCC(C)(Oc1ccccc1)P=O. The van der Waals surface area contributed by atoms with E-state index in [-0.39, 0.29) is 8.46 Å². The quantitative estimate of drug-likeness (QED) is 0.689. The topological polar surface area (TPSA) is 26.3 Å². The molecule has 1 aromatic carbocycles. The highest BCUT2D eigenvalue weighted by Crippen LogP contribution is 2.31. The van der Waals surface area contributed by atoms with Gasteiger partial charge in [-0.05, 0) is 25.5 Å². The molecule has 0 N–H and O–H groups in total. The Kier molecular flexibility index (Phi) is 4.09. The zero-order chi connectivity index (χ0) is 10.4. The lowest BCUT2D eigenvalue weighted by Crippen LogP contribution is -2.24. The number of ether oxygens (including phenoxy) is 1. The molecule has 0 aromatic heterocycles. The van der Waals surface area contributed by atoms with Gasteiger partial charge >= 0.3 is 0 Å². The second kappa shape index (κ2) is 5.11. The molecule has 1 rings (SSSR count). The van der Waals surface area contributed by atoms with Crippen LogP contribution in [-0.2, 0) is 4.57 Å². The standard InChI is InChI=1S/C11H15O2P/c1-3-9-11(2,14-12)13-10-7-5-4-6-8-10/h4-8H,3,9H2,1-2H3. The molecule has 0 saturated carbocycles. The van der Waals surface area contributed by atoms with Crippen LogP contribution >= 0.6 is 8.46 Å². The van der Waals surface area contributed by atoms with Crippen molar-refractivity contribution in [2.45, 2.75) is 32.0 Å². The van der Waals surface area contributed by atoms with Gasteiger partial charge in [-0.25, -0.2) is 0 Å². The highest BCUT2D eigenvalue weighted by Gasteiger charge is 2.25. The second-order valence-corrected chi connectivity index (χ2v) is 4.56. The molecule has 0 aliphatic heterocycles. The summed E-state index contributed by atoms with van der Waals surface area (Å²) >= 11 is 0. The Bertz CT molecular complexity index is 287. The van der Waals surface area contributed by atoms with Gasteiger partial charge in [0.1, 0.15) is 5.75 Å². The molecule has 0 saturated heterocycles. The normalized spacial score (nSPS) is 15.0. The van der Waals surface area contributed by atoms with Crippen molar-refractivity contribution in [1.82, 2.24) is 0 Å². The molecular formula is C11H15O2P. The van der Waals surface area contributed by atoms with Crippen LogP contribution in [-0.4, -0.2) is 5.34 Å². The Labute approximate surface area is 86.5 Å². The van der Waals surface area contributed by atoms with E-state index < -0.39 is 5.34 Å². The summed E-state index contributed by atoms with van der Waals surface area (Å²) in [6, 6.07) is 9.49. The van der Waals surface area contributed by atoms with E-state index in [0.29, 0.717) is 0 Å². The van der Waals surface area contributed by atoms with Gasteiger partial charge in [-0.2, -0.15) is 0 Å². The van der Waals surface area contributed by atoms with E-state index in [9.17, 15) is 4.57 Å². The van der Waals surface area contributed by atoms with Crippen LogP contribution in [0.2, 0.25) is 0 Å². The number of para-hydroxylation sites is 1. The number of hydrogen-bond acceptors (Lipinski definition) is 2. The summed E-state index contributed by atoms with van der Waals surface area (Å²) in [5.74, 6) is 0.770. The average Bonchev–Trinajstić information content (AvgIpc) is 2.20. The molecule has 0 bridgehead atoms. The lowest BCUT2D eigenvalue weighted by Gasteiger charge is -2.22. The minimum Gasteiger partial charge on any atom is -0.475 e. The van der Waals surface area contributed by atoms with Crippen molar-refractivity contribution >= 4 is 8.46 Å². The average molecular weight is 210 g/mol. The van der Waals surface area contributed by atoms with E-state index in [4.69, 9.17) is 4.74 Å². The predicted molar refractivity (Wildman–Crippen MR) is 58.0 cm³/mol. The highest BCUT2D eigenvalue weighted by atomic mass is 31.1. The van der Waals surface area contributed by atoms with Gasteiger partial charge in [-0.3, -0.25) is 4.57 Å². The van der Waals surface area contributed by atoms with Gasteiger partial charge in [0.2, 0.25) is 8.46 Å². The summed E-state index contributed by atoms with van der Waals surface area (Å²) in [4.78, 5) is 0. The van der Waals surface area contributed by atoms with E-state index in [0.717, 1.165) is 18.6 Å². The highest BCUT2D eigenvalue weighted by molar-refractivity contribution is 7.25. The largest absolute Gasteiger partial charge is 0.475 e. The van der Waals surface area contributed by atoms with Crippen molar-refractivity contribution in [3.8, 4) is 5.75 Å². The van der Waals surface area contributed by atoms with Crippen LogP contribution in [0.3, 0.4) is 0 Å². The van der Waals surface area contributed by atoms with Gasteiger partial charge < -0.3 is 4.74 Å². The Morgan fingerprint density at radius 3 is 2.50 bits per heavy atom. The molecule has 1 atom stereocenters. The fourth-order valence-corrected chi connectivity index (χ4v) is 1.78. The van der Waals surface area contributed by atoms with E-state index in [2.05, 4.69) is 6.92 Å². The van der Waals surface area contributed by atoms with Crippen LogP contribution in [0.25, 0.3) is 0 Å². The molecular weight excluding hydrogens is 195 g/mol. The third-order valence-corrected chi connectivity index (χ3v) is 2.69. The summed E-state index contributed by atoms with van der Waals surface area (Å²) in [6.07, 6.45) is 1.74. The summed E-state index contributed by atoms with van der Waals surface area (Å²) in [6.45, 7) is 3.91. The Morgan fingerprint density at radius 2 is 2.00 bits per heavy atom. The van der Waals surface area contributed by atoms with E-state index in [1.54, 1.807) is 0 Å². The molecule has 14 heavy (non-hydrogen) atoms. The lowest BCUT2D eigenvalue weighted by atomic mass is 10.2. The van der Waals surface area contributed by atoms with Gasteiger partial charge in [0.05, 0.1) is 0 Å². The van der Waals surface area contributed by atoms with Gasteiger partial charge in [0.25, 0.3) is 0 Å². The summed E-state index contributed by atoms with van der Waals surface area (Å²) in [7, 11) is 0.0407. The van der Waals surface area contributed by atoms with Crippen LogP contribution < -0.4 is 4.74 Å². The smallest absolute Gasteiger partial charge is 0.203 e. The van der Waals surface area contributed by atoms with Gasteiger partial charge in [-0.1, -0.05) is 31.5 Å². The fraction of sp³-hybridized carbons (Fsp3) is 0.455. The monoisotopic (exact) mass is 210 g/mol. The molecule has 0 spiro atoms. The van der Waals surface area contributed by atoms with E-state index in [1.807, 2.05) is 37.3 Å². The molecule has 0 heterocycles. The molecule has 0 fully saturated rings. The zero-order valence-corrected chi connectivity index (χ0v) is 9.46. The van der Waals surface area contributed by atoms with Crippen LogP contribution in [0.4, 0.5) is 0 Å². The van der Waals surface area contributed by atoms with Crippen molar-refractivity contribution in [2.24, 2.45) is 0 Å². The Morgan fingerprint density at radius 1 is 1.36 bits per heavy atom. The third kappa shape index (κ3) is 3.12. The number of hydrogen-bond donors (Lipinski definition) is 0. The van der Waals surface area contributed by atoms with Crippen molar-refractivity contribution in [1.29, 1.82) is 0 Å². The molecule has 1 unspecified atom stereocenters. The van der Waals surface area contributed by atoms with Crippen LogP contribution in [0.1, 0.15) is 26.7 Å². The first-order chi connectivity index (χ1) is 6.70. The minimum absolute atomic E-state index is 0.0407. The second-order valence-electron chi connectivity index (χ2n) is 3.43. The first-order valence-electron chi connectivity index (χ1n) is 4.79. The maximum absolute atomic E-state index is 11.0. The molecule has 0 amide bonds. The molecule has 3 heteroatoms. The van der Waals surface area contributed by atoms with Crippen molar-refractivity contribution in [3.63, 3.8) is 0 Å². The molecule has 0 aliphatic rings. The van der Waals surface area contributed by atoms with E-state index in [1.165, 1.54) is 0 Å². The van der Waals surface area contributed by atoms with Gasteiger partial charge in [-0.15, -0.1) is 0 Å². The summed E-state index contributed by atoms with van der Waals surface area (Å²) in [5, 5.41) is -0.587. The summed E-state index contributed by atoms with van der Waals surface area (Å²) < 4.78 is 16.7. The van der Waals surface area contributed by atoms with Crippen LogP contribution in [0.5, 0.6) is 5.75 Å². The predicted octanol–water partition coefficient (Wildman–Crippen LogP) is 3.87. The molecule has 2 nitrogen and oxygen atoms in total. The molecule has 76 valence electrons. The van der Waals surface area contributed by atoms with Gasteiger partial charge in [0.15, 0.2) is 5.34 Å². The third-order valence-electron chi connectivity index (χ3n) is 1.99.